The van der Waals surface area contributed by atoms with Crippen molar-refractivity contribution in [2.24, 2.45) is 16.8 Å². The van der Waals surface area contributed by atoms with Crippen molar-refractivity contribution < 1.29 is 24.0 Å². The van der Waals surface area contributed by atoms with Crippen molar-refractivity contribution in [3.8, 4) is 0 Å². The van der Waals surface area contributed by atoms with Crippen LogP contribution in [-0.4, -0.2) is 47.2 Å². The third-order valence-corrected chi connectivity index (χ3v) is 4.90. The van der Waals surface area contributed by atoms with Gasteiger partial charge in [-0.15, -0.1) is 0 Å². The first-order valence-corrected chi connectivity index (χ1v) is 9.40. The van der Waals surface area contributed by atoms with E-state index >= 15 is 0 Å². The Labute approximate surface area is 168 Å². The molecule has 9 heteroatoms. The van der Waals surface area contributed by atoms with E-state index in [-0.39, 0.29) is 18.9 Å². The number of esters is 2. The van der Waals surface area contributed by atoms with E-state index in [4.69, 9.17) is 21.7 Å². The molecule has 2 rings (SSSR count). The largest absolute Gasteiger partial charge is 0.466 e. The molecule has 1 aromatic carbocycles. The van der Waals surface area contributed by atoms with Crippen LogP contribution >= 0.6 is 12.2 Å². The van der Waals surface area contributed by atoms with Crippen LogP contribution in [0.25, 0.3) is 0 Å². The lowest BCUT2D eigenvalue weighted by Crippen LogP contribution is -2.47. The van der Waals surface area contributed by atoms with Crippen LogP contribution in [0.15, 0.2) is 29.3 Å². The monoisotopic (exact) mass is 406 g/mol. The smallest absolute Gasteiger partial charge is 0.315 e. The molecular formula is C19H22N2O6S. The second-order valence-corrected chi connectivity index (χ2v) is 6.55. The minimum Gasteiger partial charge on any atom is -0.466 e. The summed E-state index contributed by atoms with van der Waals surface area (Å²) in [7, 11) is 0. The molecule has 0 bridgehead atoms. The van der Waals surface area contributed by atoms with E-state index in [1.54, 1.807) is 26.8 Å². The Morgan fingerprint density at radius 1 is 1.25 bits per heavy atom. The molecule has 1 aliphatic rings. The number of ether oxygens (including phenoxy) is 2. The van der Waals surface area contributed by atoms with Gasteiger partial charge < -0.3 is 9.47 Å². The second-order valence-electron chi connectivity index (χ2n) is 6.28. The fourth-order valence-corrected chi connectivity index (χ4v) is 3.74. The number of nitro benzene ring substituents is 1. The van der Waals surface area contributed by atoms with Gasteiger partial charge >= 0.3 is 11.9 Å². The SMILES string of the molecule is CCOC(=O)C1C(C)=NC(C=S)C(C(=O)OCC)C1c1cccc([N+](=O)[O-])c1. The normalized spacial score (nSPS) is 24.0. The van der Waals surface area contributed by atoms with Gasteiger partial charge in [-0.25, -0.2) is 0 Å². The fraction of sp³-hybridized carbons (Fsp3) is 0.474. The zero-order valence-electron chi connectivity index (χ0n) is 15.9. The van der Waals surface area contributed by atoms with Gasteiger partial charge in [-0.3, -0.25) is 24.7 Å². The number of hydrogen-bond donors (Lipinski definition) is 0. The number of rotatable bonds is 7. The van der Waals surface area contributed by atoms with Crippen LogP contribution in [0.3, 0.4) is 0 Å². The molecule has 0 spiro atoms. The Morgan fingerprint density at radius 3 is 2.46 bits per heavy atom. The lowest BCUT2D eigenvalue weighted by Gasteiger charge is -2.37. The number of carbonyl (C=O) groups excluding carboxylic acids is 2. The molecule has 0 N–H and O–H groups in total. The topological polar surface area (TPSA) is 108 Å². The minimum absolute atomic E-state index is 0.137. The van der Waals surface area contributed by atoms with Crippen molar-refractivity contribution in [2.75, 3.05) is 13.2 Å². The molecule has 28 heavy (non-hydrogen) atoms. The van der Waals surface area contributed by atoms with Gasteiger partial charge in [0.15, 0.2) is 0 Å². The molecule has 0 saturated carbocycles. The Balaban J connectivity index is 2.67. The molecule has 1 aliphatic heterocycles. The molecule has 0 amide bonds. The number of carbonyl (C=O) groups is 2. The Hall–Kier alpha value is -2.68. The lowest BCUT2D eigenvalue weighted by molar-refractivity contribution is -0.384. The van der Waals surface area contributed by atoms with Gasteiger partial charge in [0.05, 0.1) is 30.1 Å². The molecule has 0 aliphatic carbocycles. The summed E-state index contributed by atoms with van der Waals surface area (Å²) in [6.07, 6.45) is 0. The summed E-state index contributed by atoms with van der Waals surface area (Å²) in [6, 6.07) is 5.19. The first-order chi connectivity index (χ1) is 13.3. The van der Waals surface area contributed by atoms with E-state index in [1.807, 2.05) is 0 Å². The Bertz CT molecular complexity index is 809. The van der Waals surface area contributed by atoms with Crippen LogP contribution in [0.2, 0.25) is 0 Å². The van der Waals surface area contributed by atoms with Crippen LogP contribution in [-0.2, 0) is 19.1 Å². The first-order valence-electron chi connectivity index (χ1n) is 8.92. The van der Waals surface area contributed by atoms with Crippen molar-refractivity contribution in [3.05, 3.63) is 39.9 Å². The fourth-order valence-electron chi connectivity index (χ4n) is 3.51. The third-order valence-electron chi connectivity index (χ3n) is 4.62. The minimum atomic E-state index is -0.891. The Morgan fingerprint density at radius 2 is 1.89 bits per heavy atom. The highest BCUT2D eigenvalue weighted by molar-refractivity contribution is 7.79. The molecule has 1 heterocycles. The quantitative estimate of drug-likeness (QED) is 0.296. The lowest BCUT2D eigenvalue weighted by atomic mass is 9.70. The molecule has 0 fully saturated rings. The predicted molar refractivity (Wildman–Crippen MR) is 107 cm³/mol. The summed E-state index contributed by atoms with van der Waals surface area (Å²) in [5.74, 6) is -3.62. The zero-order valence-corrected chi connectivity index (χ0v) is 16.7. The van der Waals surface area contributed by atoms with Crippen LogP contribution in [0.5, 0.6) is 0 Å². The van der Waals surface area contributed by atoms with Crippen molar-refractivity contribution in [1.29, 1.82) is 0 Å². The molecule has 1 aromatic rings. The van der Waals surface area contributed by atoms with Crippen LogP contribution in [0.1, 0.15) is 32.3 Å². The van der Waals surface area contributed by atoms with Crippen molar-refractivity contribution >= 4 is 40.9 Å². The van der Waals surface area contributed by atoms with Gasteiger partial charge in [0.1, 0.15) is 5.92 Å². The molecule has 0 radical (unpaired) electrons. The summed E-state index contributed by atoms with van der Waals surface area (Å²) in [6.45, 7) is 5.32. The van der Waals surface area contributed by atoms with Gasteiger partial charge in [-0.2, -0.15) is 0 Å². The van der Waals surface area contributed by atoms with Gasteiger partial charge in [-0.1, -0.05) is 24.4 Å². The predicted octanol–water partition coefficient (Wildman–Crippen LogP) is 2.88. The number of nitro groups is 1. The number of nitrogens with zero attached hydrogens (tertiary/aromatic N) is 2. The average molecular weight is 406 g/mol. The van der Waals surface area contributed by atoms with E-state index < -0.39 is 40.7 Å². The summed E-state index contributed by atoms with van der Waals surface area (Å²) >= 11 is 5.07. The number of benzene rings is 1. The maximum atomic E-state index is 12.8. The molecule has 4 atom stereocenters. The van der Waals surface area contributed by atoms with E-state index in [1.165, 1.54) is 23.6 Å². The summed E-state index contributed by atoms with van der Waals surface area (Å²) in [5.41, 5.74) is 0.782. The molecule has 150 valence electrons. The molecule has 0 aromatic heterocycles. The van der Waals surface area contributed by atoms with Gasteiger partial charge in [0.2, 0.25) is 0 Å². The standard InChI is InChI=1S/C19H22N2O6S/c1-4-26-18(22)15-11(3)20-14(10-28)17(19(23)27-5-2)16(15)12-7-6-8-13(9-12)21(24)25/h6-10,14-17H,4-5H2,1-3H3. The highest BCUT2D eigenvalue weighted by atomic mass is 32.1. The highest BCUT2D eigenvalue weighted by Gasteiger charge is 2.48. The molecular weight excluding hydrogens is 384 g/mol. The maximum absolute atomic E-state index is 12.8. The number of non-ortho nitro benzene ring substituents is 1. The zero-order chi connectivity index (χ0) is 20.8. The second kappa shape index (κ2) is 9.50. The highest BCUT2D eigenvalue weighted by Crippen LogP contribution is 2.41. The summed E-state index contributed by atoms with van der Waals surface area (Å²) < 4.78 is 10.4. The van der Waals surface area contributed by atoms with E-state index in [0.29, 0.717) is 11.3 Å². The number of hydrogen-bond acceptors (Lipinski definition) is 8. The average Bonchev–Trinajstić information content (AvgIpc) is 2.67. The van der Waals surface area contributed by atoms with E-state index in [0.717, 1.165) is 0 Å². The van der Waals surface area contributed by atoms with Gasteiger partial charge in [0.25, 0.3) is 5.69 Å². The van der Waals surface area contributed by atoms with Crippen molar-refractivity contribution in [2.45, 2.75) is 32.7 Å². The van der Waals surface area contributed by atoms with Crippen LogP contribution in [0.4, 0.5) is 5.69 Å². The molecule has 8 nitrogen and oxygen atoms in total. The molecule has 4 unspecified atom stereocenters. The number of thiocarbonyl (C=S) groups is 1. The van der Waals surface area contributed by atoms with E-state index in [2.05, 4.69) is 4.99 Å². The van der Waals surface area contributed by atoms with Crippen molar-refractivity contribution in [1.82, 2.24) is 0 Å². The van der Waals surface area contributed by atoms with Gasteiger partial charge in [-0.05, 0) is 26.3 Å². The molecule has 0 saturated heterocycles. The third kappa shape index (κ3) is 4.41. The van der Waals surface area contributed by atoms with Crippen LogP contribution < -0.4 is 0 Å². The van der Waals surface area contributed by atoms with Crippen molar-refractivity contribution in [3.63, 3.8) is 0 Å². The first kappa shape index (κ1) is 21.6. The van der Waals surface area contributed by atoms with Gasteiger partial charge in [0, 0.05) is 29.1 Å². The van der Waals surface area contributed by atoms with Crippen LogP contribution in [0, 0.1) is 22.0 Å². The summed E-state index contributed by atoms with van der Waals surface area (Å²) in [4.78, 5) is 40.6. The summed E-state index contributed by atoms with van der Waals surface area (Å²) in [5, 5.41) is 12.6. The van der Waals surface area contributed by atoms with E-state index in [9.17, 15) is 19.7 Å². The maximum Gasteiger partial charge on any atom is 0.315 e. The number of aliphatic imine (C=N–C) groups is 1. The Kier molecular flexibility index (Phi) is 7.33.